The number of urea groups is 1. The summed E-state index contributed by atoms with van der Waals surface area (Å²) in [6.45, 7) is 2.75. The lowest BCUT2D eigenvalue weighted by atomic mass is 10.1. The number of carbonyl (C=O) groups is 4. The van der Waals surface area contributed by atoms with E-state index >= 15 is 0 Å². The summed E-state index contributed by atoms with van der Waals surface area (Å²) in [6, 6.07) is 2.83. The summed E-state index contributed by atoms with van der Waals surface area (Å²) in [7, 11) is 3.13. The van der Waals surface area contributed by atoms with Crippen LogP contribution in [-0.2, 0) is 9.59 Å². The smallest absolute Gasteiger partial charge is 0.326 e. The van der Waals surface area contributed by atoms with Crippen LogP contribution in [-0.4, -0.2) is 71.9 Å². The molecule has 1 aromatic carbocycles. The van der Waals surface area contributed by atoms with E-state index in [1.54, 1.807) is 14.1 Å². The maximum absolute atomic E-state index is 12.9. The summed E-state index contributed by atoms with van der Waals surface area (Å²) in [6.07, 6.45) is 0. The van der Waals surface area contributed by atoms with Gasteiger partial charge in [0, 0.05) is 39.8 Å². The summed E-state index contributed by atoms with van der Waals surface area (Å²) < 4.78 is 0. The van der Waals surface area contributed by atoms with Gasteiger partial charge >= 0.3 is 12.0 Å². The Bertz CT molecular complexity index is 738. The van der Waals surface area contributed by atoms with Crippen LogP contribution in [0.25, 0.3) is 0 Å². The van der Waals surface area contributed by atoms with E-state index in [-0.39, 0.29) is 29.6 Å². The lowest BCUT2D eigenvalue weighted by Crippen LogP contribution is -2.46. The summed E-state index contributed by atoms with van der Waals surface area (Å²) >= 11 is 6.12. The van der Waals surface area contributed by atoms with Crippen LogP contribution in [0.4, 0.5) is 10.5 Å². The molecule has 3 N–H and O–H groups in total. The molecule has 0 fully saturated rings. The molecule has 0 aliphatic rings. The SMILES string of the molecule is CC(=O)NCCN(C(=O)c1cc(NC(=O)N(C)C)ccc1Cl)C(C)C(=O)O. The van der Waals surface area contributed by atoms with Crippen molar-refractivity contribution < 1.29 is 24.3 Å². The second-order valence-electron chi connectivity index (χ2n) is 6.01. The van der Waals surface area contributed by atoms with Crippen LogP contribution in [0.3, 0.4) is 0 Å². The number of nitrogens with one attached hydrogen (secondary N) is 2. The molecule has 0 spiro atoms. The molecule has 0 aliphatic heterocycles. The van der Waals surface area contributed by atoms with Gasteiger partial charge in [-0.15, -0.1) is 0 Å². The number of amides is 4. The molecule has 0 saturated heterocycles. The van der Waals surface area contributed by atoms with Gasteiger partial charge in [-0.05, 0) is 25.1 Å². The Morgan fingerprint density at radius 2 is 1.85 bits per heavy atom. The molecule has 27 heavy (non-hydrogen) atoms. The number of carbonyl (C=O) groups excluding carboxylic acids is 3. The molecule has 148 valence electrons. The van der Waals surface area contributed by atoms with E-state index in [1.807, 2.05) is 0 Å². The first kappa shape index (κ1) is 22.2. The minimum absolute atomic E-state index is 0.0174. The van der Waals surface area contributed by atoms with Gasteiger partial charge in [0.2, 0.25) is 5.91 Å². The largest absolute Gasteiger partial charge is 0.480 e. The summed E-state index contributed by atoms with van der Waals surface area (Å²) in [5.74, 6) is -2.11. The van der Waals surface area contributed by atoms with Crippen molar-refractivity contribution in [2.75, 3.05) is 32.5 Å². The van der Waals surface area contributed by atoms with Crippen molar-refractivity contribution in [2.24, 2.45) is 0 Å². The van der Waals surface area contributed by atoms with E-state index in [2.05, 4.69) is 10.6 Å². The van der Waals surface area contributed by atoms with E-state index in [0.29, 0.717) is 5.69 Å². The Morgan fingerprint density at radius 3 is 2.37 bits per heavy atom. The Kier molecular flexibility index (Phi) is 8.04. The number of halogens is 1. The molecule has 1 aromatic rings. The highest BCUT2D eigenvalue weighted by Gasteiger charge is 2.28. The number of hydrogen-bond acceptors (Lipinski definition) is 4. The molecule has 1 rings (SSSR count). The Hall–Kier alpha value is -2.81. The van der Waals surface area contributed by atoms with E-state index in [0.717, 1.165) is 4.90 Å². The van der Waals surface area contributed by atoms with Crippen molar-refractivity contribution >= 4 is 41.1 Å². The molecular formula is C17H23ClN4O5. The maximum Gasteiger partial charge on any atom is 0.326 e. The van der Waals surface area contributed by atoms with Crippen molar-refractivity contribution in [2.45, 2.75) is 19.9 Å². The number of aliphatic carboxylic acids is 1. The summed E-state index contributed by atoms with van der Waals surface area (Å²) in [4.78, 5) is 49.5. The van der Waals surface area contributed by atoms with Gasteiger partial charge in [0.25, 0.3) is 5.91 Å². The molecule has 0 aliphatic carbocycles. The average Bonchev–Trinajstić information content (AvgIpc) is 2.58. The molecule has 4 amide bonds. The van der Waals surface area contributed by atoms with Crippen molar-refractivity contribution in [3.8, 4) is 0 Å². The minimum Gasteiger partial charge on any atom is -0.480 e. The molecular weight excluding hydrogens is 376 g/mol. The van der Waals surface area contributed by atoms with Gasteiger partial charge in [-0.2, -0.15) is 0 Å². The predicted octanol–water partition coefficient (Wildman–Crippen LogP) is 1.48. The topological polar surface area (TPSA) is 119 Å². The highest BCUT2D eigenvalue weighted by molar-refractivity contribution is 6.34. The molecule has 10 heteroatoms. The fourth-order valence-electron chi connectivity index (χ4n) is 2.11. The highest BCUT2D eigenvalue weighted by atomic mass is 35.5. The molecule has 0 radical (unpaired) electrons. The zero-order chi connectivity index (χ0) is 20.7. The minimum atomic E-state index is -1.20. The molecule has 0 saturated carbocycles. The zero-order valence-corrected chi connectivity index (χ0v) is 16.3. The monoisotopic (exact) mass is 398 g/mol. The third kappa shape index (κ3) is 6.45. The number of hydrogen-bond donors (Lipinski definition) is 3. The van der Waals surface area contributed by atoms with Crippen molar-refractivity contribution in [1.82, 2.24) is 15.1 Å². The van der Waals surface area contributed by atoms with Crippen LogP contribution in [0.15, 0.2) is 18.2 Å². The van der Waals surface area contributed by atoms with Crippen molar-refractivity contribution in [3.63, 3.8) is 0 Å². The zero-order valence-electron chi connectivity index (χ0n) is 15.6. The second kappa shape index (κ2) is 9.77. The lowest BCUT2D eigenvalue weighted by molar-refractivity contribution is -0.141. The van der Waals surface area contributed by atoms with Crippen LogP contribution < -0.4 is 10.6 Å². The van der Waals surface area contributed by atoms with Gasteiger partial charge < -0.3 is 25.5 Å². The standard InChI is InChI=1S/C17H23ClN4O5/c1-10(16(25)26)22(8-7-19-11(2)23)15(24)13-9-12(5-6-14(13)18)20-17(27)21(3)4/h5-6,9-10H,7-8H2,1-4H3,(H,19,23)(H,20,27)(H,25,26). The van der Waals surface area contributed by atoms with Crippen LogP contribution >= 0.6 is 11.6 Å². The second-order valence-corrected chi connectivity index (χ2v) is 6.42. The first-order chi connectivity index (χ1) is 12.5. The van der Waals surface area contributed by atoms with E-state index < -0.39 is 23.9 Å². The van der Waals surface area contributed by atoms with Gasteiger partial charge in [-0.25, -0.2) is 9.59 Å². The van der Waals surface area contributed by atoms with Gasteiger partial charge in [0.1, 0.15) is 6.04 Å². The number of benzene rings is 1. The van der Waals surface area contributed by atoms with Crippen LogP contribution in [0, 0.1) is 0 Å². The van der Waals surface area contributed by atoms with Gasteiger partial charge in [0.05, 0.1) is 10.6 Å². The number of anilines is 1. The molecule has 1 atom stereocenters. The fraction of sp³-hybridized carbons (Fsp3) is 0.412. The Balaban J connectivity index is 3.13. The van der Waals surface area contributed by atoms with Crippen LogP contribution in [0.1, 0.15) is 24.2 Å². The summed E-state index contributed by atoms with van der Waals surface area (Å²) in [5.41, 5.74) is 0.385. The van der Waals surface area contributed by atoms with Crippen LogP contribution in [0.5, 0.6) is 0 Å². The lowest BCUT2D eigenvalue weighted by Gasteiger charge is -2.27. The molecule has 0 heterocycles. The molecule has 0 aromatic heterocycles. The Labute approximate surface area is 162 Å². The molecule has 9 nitrogen and oxygen atoms in total. The van der Waals surface area contributed by atoms with Crippen molar-refractivity contribution in [1.29, 1.82) is 0 Å². The predicted molar refractivity (Wildman–Crippen MR) is 101 cm³/mol. The number of rotatable bonds is 7. The van der Waals surface area contributed by atoms with E-state index in [4.69, 9.17) is 11.6 Å². The van der Waals surface area contributed by atoms with E-state index in [9.17, 15) is 24.3 Å². The third-order valence-electron chi connectivity index (χ3n) is 3.67. The average molecular weight is 399 g/mol. The van der Waals surface area contributed by atoms with Crippen molar-refractivity contribution in [3.05, 3.63) is 28.8 Å². The van der Waals surface area contributed by atoms with Gasteiger partial charge in [-0.1, -0.05) is 11.6 Å². The number of carboxylic acid groups (broad SMARTS) is 1. The first-order valence-corrected chi connectivity index (χ1v) is 8.48. The van der Waals surface area contributed by atoms with Gasteiger partial charge in [-0.3, -0.25) is 9.59 Å². The van der Waals surface area contributed by atoms with Gasteiger partial charge in [0.15, 0.2) is 0 Å². The normalized spacial score (nSPS) is 11.3. The third-order valence-corrected chi connectivity index (χ3v) is 4.00. The number of carboxylic acids is 1. The number of nitrogens with zero attached hydrogens (tertiary/aromatic N) is 2. The fourth-order valence-corrected chi connectivity index (χ4v) is 2.31. The van der Waals surface area contributed by atoms with Crippen LogP contribution in [0.2, 0.25) is 5.02 Å². The Morgan fingerprint density at radius 1 is 1.22 bits per heavy atom. The molecule has 0 bridgehead atoms. The maximum atomic E-state index is 12.9. The summed E-state index contributed by atoms with van der Waals surface area (Å²) in [5, 5.41) is 14.5. The highest BCUT2D eigenvalue weighted by Crippen LogP contribution is 2.23. The molecule has 1 unspecified atom stereocenters. The first-order valence-electron chi connectivity index (χ1n) is 8.10. The quantitative estimate of drug-likeness (QED) is 0.642. The van der Waals surface area contributed by atoms with E-state index in [1.165, 1.54) is 36.9 Å².